The summed E-state index contributed by atoms with van der Waals surface area (Å²) >= 11 is 0. The first-order chi connectivity index (χ1) is 6.77. The lowest BCUT2D eigenvalue weighted by Gasteiger charge is -2.04. The van der Waals surface area contributed by atoms with Crippen molar-refractivity contribution in [2.45, 2.75) is 12.8 Å². The Kier molecular flexibility index (Phi) is 3.85. The van der Waals surface area contributed by atoms with Gasteiger partial charge in [-0.05, 0) is 18.6 Å². The summed E-state index contributed by atoms with van der Waals surface area (Å²) < 4.78 is 4.97. The van der Waals surface area contributed by atoms with Crippen LogP contribution in [0.4, 0.5) is 0 Å². The summed E-state index contributed by atoms with van der Waals surface area (Å²) in [5.41, 5.74) is 0.380. The van der Waals surface area contributed by atoms with Crippen LogP contribution in [-0.2, 0) is 4.79 Å². The lowest BCUT2D eigenvalue weighted by molar-refractivity contribution is -0.134. The van der Waals surface area contributed by atoms with Gasteiger partial charge in [0.1, 0.15) is 5.75 Å². The van der Waals surface area contributed by atoms with Crippen LogP contribution >= 0.6 is 0 Å². The number of hydrogen-bond acceptors (Lipinski definition) is 3. The molecular formula is C11H11O3. The fourth-order valence-corrected chi connectivity index (χ4v) is 0.989. The minimum atomic E-state index is -0.366. The smallest absolute Gasteiger partial charge is 0.311 e. The molecule has 3 heteroatoms. The van der Waals surface area contributed by atoms with E-state index >= 15 is 0 Å². The van der Waals surface area contributed by atoms with Gasteiger partial charge >= 0.3 is 5.97 Å². The van der Waals surface area contributed by atoms with Crippen LogP contribution in [0.1, 0.15) is 23.2 Å². The first-order valence-corrected chi connectivity index (χ1v) is 4.32. The van der Waals surface area contributed by atoms with Crippen LogP contribution in [0.5, 0.6) is 5.75 Å². The number of ether oxygens (including phenoxy) is 1. The molecule has 0 saturated carbocycles. The highest BCUT2D eigenvalue weighted by Gasteiger charge is 2.06. The number of esters is 1. The molecule has 0 amide bonds. The maximum atomic E-state index is 11.1. The van der Waals surface area contributed by atoms with Crippen molar-refractivity contribution in [1.82, 2.24) is 0 Å². The quantitative estimate of drug-likeness (QED) is 0.415. The van der Waals surface area contributed by atoms with Crippen molar-refractivity contribution >= 4 is 12.3 Å². The van der Waals surface area contributed by atoms with Gasteiger partial charge in [0, 0.05) is 6.42 Å². The van der Waals surface area contributed by atoms with Crippen LogP contribution in [0.3, 0.4) is 0 Å². The van der Waals surface area contributed by atoms with Gasteiger partial charge in [0.2, 0.25) is 0 Å². The Labute approximate surface area is 82.7 Å². The summed E-state index contributed by atoms with van der Waals surface area (Å²) in [6.45, 7) is 3.54. The molecule has 73 valence electrons. The molecule has 0 heterocycles. The van der Waals surface area contributed by atoms with Crippen molar-refractivity contribution in [3.63, 3.8) is 0 Å². The number of hydrogen-bond donors (Lipinski definition) is 0. The van der Waals surface area contributed by atoms with E-state index in [1.165, 1.54) is 0 Å². The molecule has 0 spiro atoms. The molecule has 0 saturated heterocycles. The molecular weight excluding hydrogens is 180 g/mol. The average molecular weight is 191 g/mol. The van der Waals surface area contributed by atoms with Gasteiger partial charge in [-0.1, -0.05) is 19.1 Å². The summed E-state index contributed by atoms with van der Waals surface area (Å²) in [7, 11) is 0. The van der Waals surface area contributed by atoms with Gasteiger partial charge in [0.05, 0.1) is 5.56 Å². The third kappa shape index (κ3) is 2.69. The topological polar surface area (TPSA) is 43.4 Å². The molecule has 0 bridgehead atoms. The van der Waals surface area contributed by atoms with Crippen LogP contribution < -0.4 is 4.74 Å². The first-order valence-electron chi connectivity index (χ1n) is 4.32. The summed E-state index contributed by atoms with van der Waals surface area (Å²) in [4.78, 5) is 21.7. The second-order valence-corrected chi connectivity index (χ2v) is 2.73. The number of carbonyl (C=O) groups is 2. The number of para-hydroxylation sites is 1. The van der Waals surface area contributed by atoms with Gasteiger partial charge in [-0.15, -0.1) is 0 Å². The summed E-state index contributed by atoms with van der Waals surface area (Å²) in [6.07, 6.45) is 1.40. The molecule has 0 atom stereocenters. The molecule has 14 heavy (non-hydrogen) atoms. The zero-order valence-corrected chi connectivity index (χ0v) is 7.73. The molecule has 1 aromatic rings. The maximum Gasteiger partial charge on any atom is 0.311 e. The van der Waals surface area contributed by atoms with Crippen molar-refractivity contribution < 1.29 is 14.3 Å². The Morgan fingerprint density at radius 2 is 2.14 bits per heavy atom. The van der Waals surface area contributed by atoms with E-state index in [0.29, 0.717) is 24.0 Å². The van der Waals surface area contributed by atoms with Crippen LogP contribution in [0.25, 0.3) is 0 Å². The molecule has 0 aliphatic rings. The Morgan fingerprint density at radius 1 is 1.43 bits per heavy atom. The molecule has 1 rings (SSSR count). The fraction of sp³-hybridized carbons (Fsp3) is 0.182. The molecule has 0 unspecified atom stereocenters. The third-order valence-electron chi connectivity index (χ3n) is 1.65. The number of rotatable bonds is 4. The van der Waals surface area contributed by atoms with E-state index in [0.717, 1.165) is 0 Å². The Morgan fingerprint density at radius 3 is 2.79 bits per heavy atom. The average Bonchev–Trinajstić information content (AvgIpc) is 2.19. The van der Waals surface area contributed by atoms with Crippen LogP contribution in [0.2, 0.25) is 0 Å². The molecule has 1 aromatic carbocycles. The minimum Gasteiger partial charge on any atom is -0.426 e. The molecule has 0 aliphatic heterocycles. The highest BCUT2D eigenvalue weighted by atomic mass is 16.5. The van der Waals surface area contributed by atoms with Gasteiger partial charge in [0.25, 0.3) is 0 Å². The molecule has 0 fully saturated rings. The molecule has 3 nitrogen and oxygen atoms in total. The maximum absolute atomic E-state index is 11.1. The van der Waals surface area contributed by atoms with Crippen LogP contribution in [0.15, 0.2) is 24.3 Å². The fourth-order valence-electron chi connectivity index (χ4n) is 0.989. The van der Waals surface area contributed by atoms with Gasteiger partial charge in [0.15, 0.2) is 6.29 Å². The lowest BCUT2D eigenvalue weighted by Crippen LogP contribution is -2.08. The van der Waals surface area contributed by atoms with Gasteiger partial charge < -0.3 is 4.74 Å². The normalized spacial score (nSPS) is 9.50. The van der Waals surface area contributed by atoms with Crippen molar-refractivity contribution in [3.8, 4) is 5.75 Å². The van der Waals surface area contributed by atoms with Crippen molar-refractivity contribution in [3.05, 3.63) is 36.8 Å². The summed E-state index contributed by atoms with van der Waals surface area (Å²) in [5, 5.41) is 0. The molecule has 1 radical (unpaired) electrons. The van der Waals surface area contributed by atoms with E-state index in [4.69, 9.17) is 4.74 Å². The second kappa shape index (κ2) is 5.17. The third-order valence-corrected chi connectivity index (χ3v) is 1.65. The zero-order valence-electron chi connectivity index (χ0n) is 7.73. The SMILES string of the molecule is [CH2]CCC(=O)Oc1ccccc1C=O. The molecule has 0 N–H and O–H groups in total. The standard InChI is InChI=1S/C11H11O3/c1-2-5-11(13)14-10-7-4-3-6-9(10)8-12/h3-4,6-8H,1-2,5H2. The van der Waals surface area contributed by atoms with Crippen LogP contribution in [-0.4, -0.2) is 12.3 Å². The largest absolute Gasteiger partial charge is 0.426 e. The molecule has 0 aromatic heterocycles. The molecule has 0 aliphatic carbocycles. The highest BCUT2D eigenvalue weighted by molar-refractivity contribution is 5.82. The predicted molar refractivity (Wildman–Crippen MR) is 52.1 cm³/mol. The predicted octanol–water partition coefficient (Wildman–Crippen LogP) is 2.02. The van der Waals surface area contributed by atoms with E-state index < -0.39 is 0 Å². The summed E-state index contributed by atoms with van der Waals surface area (Å²) in [5.74, 6) is -0.0600. The lowest BCUT2D eigenvalue weighted by atomic mass is 10.2. The van der Waals surface area contributed by atoms with E-state index in [2.05, 4.69) is 6.92 Å². The van der Waals surface area contributed by atoms with E-state index in [1.807, 2.05) is 0 Å². The Hall–Kier alpha value is -1.64. The van der Waals surface area contributed by atoms with Gasteiger partial charge in [-0.2, -0.15) is 0 Å². The Balaban J connectivity index is 2.75. The van der Waals surface area contributed by atoms with Crippen molar-refractivity contribution in [1.29, 1.82) is 0 Å². The minimum absolute atomic E-state index is 0.257. The van der Waals surface area contributed by atoms with Crippen molar-refractivity contribution in [2.75, 3.05) is 0 Å². The first kappa shape index (κ1) is 10.4. The monoisotopic (exact) mass is 191 g/mol. The second-order valence-electron chi connectivity index (χ2n) is 2.73. The van der Waals surface area contributed by atoms with Crippen LogP contribution in [0, 0.1) is 6.92 Å². The summed E-state index contributed by atoms with van der Waals surface area (Å²) in [6, 6.07) is 6.60. The van der Waals surface area contributed by atoms with Crippen molar-refractivity contribution in [2.24, 2.45) is 0 Å². The Bertz CT molecular complexity index is 331. The zero-order chi connectivity index (χ0) is 10.4. The van der Waals surface area contributed by atoms with Gasteiger partial charge in [-0.3, -0.25) is 9.59 Å². The van der Waals surface area contributed by atoms with Gasteiger partial charge in [-0.25, -0.2) is 0 Å². The van der Waals surface area contributed by atoms with E-state index in [-0.39, 0.29) is 12.4 Å². The number of benzene rings is 1. The number of aldehydes is 1. The van der Waals surface area contributed by atoms with E-state index in [9.17, 15) is 9.59 Å². The van der Waals surface area contributed by atoms with E-state index in [1.54, 1.807) is 24.3 Å². The number of carbonyl (C=O) groups excluding carboxylic acids is 2. The highest BCUT2D eigenvalue weighted by Crippen LogP contribution is 2.16.